The second-order valence-corrected chi connectivity index (χ2v) is 6.75. The summed E-state index contributed by atoms with van der Waals surface area (Å²) < 4.78 is 0. The van der Waals surface area contributed by atoms with Gasteiger partial charge in [0.25, 0.3) is 5.91 Å². The Kier molecular flexibility index (Phi) is 7.92. The largest absolute Gasteiger partial charge is 0.340 e. The van der Waals surface area contributed by atoms with Crippen LogP contribution in [-0.4, -0.2) is 60.9 Å². The number of hydrogen-bond acceptors (Lipinski definition) is 3. The lowest BCUT2D eigenvalue weighted by Crippen LogP contribution is -2.47. The zero-order valence-electron chi connectivity index (χ0n) is 15.6. The molecular weight excluding hydrogens is 314 g/mol. The van der Waals surface area contributed by atoms with Crippen molar-refractivity contribution >= 4 is 11.8 Å². The number of piperazine rings is 1. The van der Waals surface area contributed by atoms with E-state index < -0.39 is 0 Å². The van der Waals surface area contributed by atoms with Crippen molar-refractivity contribution in [3.63, 3.8) is 0 Å². The number of hydrogen-bond donors (Lipinski definition) is 1. The quantitative estimate of drug-likeness (QED) is 0.736. The molecule has 25 heavy (non-hydrogen) atoms. The van der Waals surface area contributed by atoms with E-state index in [4.69, 9.17) is 0 Å². The van der Waals surface area contributed by atoms with Crippen LogP contribution in [0.4, 0.5) is 0 Å². The van der Waals surface area contributed by atoms with E-state index in [0.717, 1.165) is 57.5 Å². The van der Waals surface area contributed by atoms with E-state index in [0.29, 0.717) is 18.5 Å². The summed E-state index contributed by atoms with van der Waals surface area (Å²) in [5.74, 6) is 0.187. The Bertz CT molecular complexity index is 568. The minimum absolute atomic E-state index is 0.0351. The number of nitrogens with zero attached hydrogens (tertiary/aromatic N) is 2. The molecule has 5 heteroatoms. The van der Waals surface area contributed by atoms with Crippen molar-refractivity contribution in [2.75, 3.05) is 39.3 Å². The number of rotatable bonds is 8. The van der Waals surface area contributed by atoms with Gasteiger partial charge in [0.15, 0.2) is 0 Å². The molecule has 1 aliphatic heterocycles. The molecule has 2 rings (SSSR count). The van der Waals surface area contributed by atoms with Crippen molar-refractivity contribution in [2.45, 2.75) is 39.5 Å². The first kappa shape index (κ1) is 19.4. The minimum atomic E-state index is 0.0351. The summed E-state index contributed by atoms with van der Waals surface area (Å²) in [6.07, 6.45) is 3.61. The van der Waals surface area contributed by atoms with Crippen LogP contribution < -0.4 is 5.32 Å². The molecule has 0 atom stereocenters. The van der Waals surface area contributed by atoms with Gasteiger partial charge in [-0.15, -0.1) is 0 Å². The van der Waals surface area contributed by atoms with Crippen molar-refractivity contribution in [2.24, 2.45) is 0 Å². The molecule has 0 aromatic heterocycles. The van der Waals surface area contributed by atoms with Crippen LogP contribution in [-0.2, 0) is 4.79 Å². The van der Waals surface area contributed by atoms with Crippen LogP contribution in [0.2, 0.25) is 0 Å². The molecule has 0 radical (unpaired) electrons. The van der Waals surface area contributed by atoms with Crippen molar-refractivity contribution in [3.8, 4) is 0 Å². The summed E-state index contributed by atoms with van der Waals surface area (Å²) in [5.41, 5.74) is 1.79. The fraction of sp³-hybridized carbons (Fsp3) is 0.600. The van der Waals surface area contributed by atoms with Gasteiger partial charge in [-0.3, -0.25) is 9.59 Å². The fourth-order valence-corrected chi connectivity index (χ4v) is 3.13. The van der Waals surface area contributed by atoms with Gasteiger partial charge in [-0.2, -0.15) is 0 Å². The maximum absolute atomic E-state index is 12.9. The average Bonchev–Trinajstić information content (AvgIpc) is 2.64. The summed E-state index contributed by atoms with van der Waals surface area (Å²) in [7, 11) is 0. The van der Waals surface area contributed by atoms with Gasteiger partial charge in [-0.1, -0.05) is 37.5 Å². The molecule has 1 saturated heterocycles. The lowest BCUT2D eigenvalue weighted by Gasteiger charge is -2.29. The van der Waals surface area contributed by atoms with Crippen LogP contribution in [0.1, 0.15) is 48.5 Å². The second kappa shape index (κ2) is 10.2. The number of unbranched alkanes of at least 4 members (excludes halogenated alkanes) is 2. The molecule has 138 valence electrons. The molecule has 0 unspecified atom stereocenters. The van der Waals surface area contributed by atoms with E-state index in [1.807, 2.05) is 41.0 Å². The van der Waals surface area contributed by atoms with Crippen molar-refractivity contribution < 1.29 is 9.59 Å². The van der Waals surface area contributed by atoms with Crippen LogP contribution in [0.5, 0.6) is 0 Å². The van der Waals surface area contributed by atoms with E-state index in [1.165, 1.54) is 0 Å². The van der Waals surface area contributed by atoms with Crippen LogP contribution in [0.15, 0.2) is 24.3 Å². The summed E-state index contributed by atoms with van der Waals surface area (Å²) in [6, 6.07) is 7.69. The van der Waals surface area contributed by atoms with E-state index in [-0.39, 0.29) is 11.8 Å². The standard InChI is InChI=1S/C20H31N3O2/c1-3-4-5-12-23(20(25)18-8-6-7-17(2)16-18)13-9-19(24)22-14-10-21-11-15-22/h6-8,16,21H,3-5,9-15H2,1-2H3. The van der Waals surface area contributed by atoms with Gasteiger partial charge in [0, 0.05) is 51.3 Å². The lowest BCUT2D eigenvalue weighted by molar-refractivity contribution is -0.131. The van der Waals surface area contributed by atoms with Crippen LogP contribution in [0, 0.1) is 6.92 Å². The molecule has 1 N–H and O–H groups in total. The highest BCUT2D eigenvalue weighted by Gasteiger charge is 2.20. The summed E-state index contributed by atoms with van der Waals surface area (Å²) in [4.78, 5) is 29.0. The fourth-order valence-electron chi connectivity index (χ4n) is 3.13. The third-order valence-electron chi connectivity index (χ3n) is 4.65. The Balaban J connectivity index is 1.96. The number of carbonyl (C=O) groups excluding carboxylic acids is 2. The average molecular weight is 345 g/mol. The molecule has 0 aliphatic carbocycles. The van der Waals surface area contributed by atoms with Crippen LogP contribution in [0.3, 0.4) is 0 Å². The summed E-state index contributed by atoms with van der Waals surface area (Å²) >= 11 is 0. The van der Waals surface area contributed by atoms with E-state index >= 15 is 0 Å². The van der Waals surface area contributed by atoms with Crippen molar-refractivity contribution in [3.05, 3.63) is 35.4 Å². The Morgan fingerprint density at radius 1 is 1.16 bits per heavy atom. The van der Waals surface area contributed by atoms with E-state index in [1.54, 1.807) is 0 Å². The maximum Gasteiger partial charge on any atom is 0.253 e. The molecule has 2 amide bonds. The number of carbonyl (C=O) groups is 2. The summed E-state index contributed by atoms with van der Waals surface area (Å²) in [5, 5.41) is 3.26. The molecule has 0 saturated carbocycles. The smallest absolute Gasteiger partial charge is 0.253 e. The van der Waals surface area contributed by atoms with Gasteiger partial charge in [0.1, 0.15) is 0 Å². The minimum Gasteiger partial charge on any atom is -0.340 e. The Labute approximate surface area is 151 Å². The number of amides is 2. The number of aryl methyl sites for hydroxylation is 1. The molecule has 1 fully saturated rings. The van der Waals surface area contributed by atoms with Gasteiger partial charge >= 0.3 is 0 Å². The van der Waals surface area contributed by atoms with Gasteiger partial charge in [0.2, 0.25) is 5.91 Å². The summed E-state index contributed by atoms with van der Waals surface area (Å²) in [6.45, 7) is 8.60. The Morgan fingerprint density at radius 3 is 2.60 bits per heavy atom. The van der Waals surface area contributed by atoms with E-state index in [2.05, 4.69) is 12.2 Å². The van der Waals surface area contributed by atoms with E-state index in [9.17, 15) is 9.59 Å². The predicted molar refractivity (Wildman–Crippen MR) is 101 cm³/mol. The van der Waals surface area contributed by atoms with Crippen LogP contribution in [0.25, 0.3) is 0 Å². The molecule has 1 aromatic carbocycles. The van der Waals surface area contributed by atoms with Gasteiger partial charge in [0.05, 0.1) is 0 Å². The highest BCUT2D eigenvalue weighted by molar-refractivity contribution is 5.94. The maximum atomic E-state index is 12.9. The first-order valence-electron chi connectivity index (χ1n) is 9.46. The predicted octanol–water partition coefficient (Wildman–Crippen LogP) is 2.45. The molecule has 1 aliphatic rings. The lowest BCUT2D eigenvalue weighted by atomic mass is 10.1. The van der Waals surface area contributed by atoms with Gasteiger partial charge < -0.3 is 15.1 Å². The SMILES string of the molecule is CCCCCN(CCC(=O)N1CCNCC1)C(=O)c1cccc(C)c1. The van der Waals surface area contributed by atoms with Gasteiger partial charge in [-0.25, -0.2) is 0 Å². The zero-order valence-corrected chi connectivity index (χ0v) is 15.6. The Morgan fingerprint density at radius 2 is 1.92 bits per heavy atom. The normalized spacial score (nSPS) is 14.4. The van der Waals surface area contributed by atoms with Crippen LogP contribution >= 0.6 is 0 Å². The number of nitrogens with one attached hydrogen (secondary N) is 1. The molecule has 0 spiro atoms. The molecule has 0 bridgehead atoms. The highest BCUT2D eigenvalue weighted by Crippen LogP contribution is 2.11. The molecular formula is C20H31N3O2. The molecule has 5 nitrogen and oxygen atoms in total. The molecule has 1 heterocycles. The first-order chi connectivity index (χ1) is 12.1. The van der Waals surface area contributed by atoms with Crippen molar-refractivity contribution in [1.82, 2.24) is 15.1 Å². The monoisotopic (exact) mass is 345 g/mol. The number of benzene rings is 1. The molecule has 1 aromatic rings. The Hall–Kier alpha value is -1.88. The zero-order chi connectivity index (χ0) is 18.1. The third kappa shape index (κ3) is 6.16. The highest BCUT2D eigenvalue weighted by atomic mass is 16.2. The topological polar surface area (TPSA) is 52.7 Å². The van der Waals surface area contributed by atoms with Gasteiger partial charge in [-0.05, 0) is 25.5 Å². The first-order valence-corrected chi connectivity index (χ1v) is 9.46. The second-order valence-electron chi connectivity index (χ2n) is 6.75. The van der Waals surface area contributed by atoms with Crippen molar-refractivity contribution in [1.29, 1.82) is 0 Å². The third-order valence-corrected chi connectivity index (χ3v) is 4.65.